The number of benzene rings is 4. The van der Waals surface area contributed by atoms with Crippen LogP contribution in [-0.4, -0.2) is 34.9 Å². The van der Waals surface area contributed by atoms with Crippen LogP contribution < -0.4 is 0 Å². The standard InChI is InChI=1S/C20H21NO2.C19H19NO2/c1-13(22)17(14(2)23-4)11-15-9-10-20-18(12-15)16-7-5-6-8-19(16)21(20)3;1-13(21)17(14(2)22-3)12-20-18-10-6-4-8-15(18)16-9-5-7-11-19(16)20/h5-10,12H,11H2,1-4H3;4-11H,12H2,1-3H3/b2*17-14-. The highest BCUT2D eigenvalue weighted by molar-refractivity contribution is 6.09. The van der Waals surface area contributed by atoms with Crippen molar-refractivity contribution in [1.82, 2.24) is 9.13 Å². The fourth-order valence-electron chi connectivity index (χ4n) is 6.07. The van der Waals surface area contributed by atoms with E-state index in [1.165, 1.54) is 32.6 Å². The van der Waals surface area contributed by atoms with Crippen LogP contribution >= 0.6 is 0 Å². The summed E-state index contributed by atoms with van der Waals surface area (Å²) in [5, 5.41) is 4.87. The lowest BCUT2D eigenvalue weighted by Crippen LogP contribution is -2.10. The molecule has 0 saturated heterocycles. The maximum Gasteiger partial charge on any atom is 0.160 e. The number of para-hydroxylation sites is 3. The van der Waals surface area contributed by atoms with Crippen molar-refractivity contribution in [3.05, 3.63) is 119 Å². The minimum Gasteiger partial charge on any atom is -0.501 e. The zero-order chi connectivity index (χ0) is 32.2. The number of aromatic nitrogens is 2. The summed E-state index contributed by atoms with van der Waals surface area (Å²) in [6, 6.07) is 31.4. The average molecular weight is 601 g/mol. The molecule has 0 atom stereocenters. The van der Waals surface area contributed by atoms with E-state index in [0.717, 1.165) is 22.2 Å². The number of hydrogen-bond donors (Lipinski definition) is 0. The summed E-state index contributed by atoms with van der Waals surface area (Å²) in [6.45, 7) is 7.38. The van der Waals surface area contributed by atoms with Crippen molar-refractivity contribution in [3.63, 3.8) is 0 Å². The molecule has 6 rings (SSSR count). The molecule has 6 heteroatoms. The molecule has 0 fully saturated rings. The summed E-state index contributed by atoms with van der Waals surface area (Å²) in [6.07, 6.45) is 0.591. The van der Waals surface area contributed by atoms with E-state index in [2.05, 4.69) is 82.9 Å². The van der Waals surface area contributed by atoms with Crippen molar-refractivity contribution in [2.45, 2.75) is 40.7 Å². The molecule has 0 spiro atoms. The highest BCUT2D eigenvalue weighted by Gasteiger charge is 2.16. The van der Waals surface area contributed by atoms with Crippen molar-refractivity contribution in [3.8, 4) is 0 Å². The Hall–Kier alpha value is -5.10. The van der Waals surface area contributed by atoms with Gasteiger partial charge in [-0.05, 0) is 63.6 Å². The maximum atomic E-state index is 12.0. The number of aryl methyl sites for hydroxylation is 1. The van der Waals surface area contributed by atoms with Crippen LogP contribution in [0.1, 0.15) is 33.3 Å². The number of allylic oxidation sites excluding steroid dienone is 4. The summed E-state index contributed by atoms with van der Waals surface area (Å²) in [5.74, 6) is 1.47. The second-order valence-electron chi connectivity index (χ2n) is 11.3. The number of ether oxygens (including phenoxy) is 2. The third-order valence-corrected chi connectivity index (χ3v) is 8.67. The molecule has 0 unspecified atom stereocenters. The molecular formula is C39H40N2O4. The van der Waals surface area contributed by atoms with Crippen LogP contribution in [0.15, 0.2) is 114 Å². The highest BCUT2D eigenvalue weighted by Crippen LogP contribution is 2.31. The molecule has 0 amide bonds. The van der Waals surface area contributed by atoms with E-state index < -0.39 is 0 Å². The maximum absolute atomic E-state index is 12.0. The third-order valence-electron chi connectivity index (χ3n) is 8.67. The predicted octanol–water partition coefficient (Wildman–Crippen LogP) is 8.69. The molecule has 0 aliphatic heterocycles. The van der Waals surface area contributed by atoms with E-state index in [9.17, 15) is 9.59 Å². The molecule has 45 heavy (non-hydrogen) atoms. The molecule has 0 radical (unpaired) electrons. The Labute approximate surface area is 264 Å². The summed E-state index contributed by atoms with van der Waals surface area (Å²) in [4.78, 5) is 23.9. The highest BCUT2D eigenvalue weighted by atomic mass is 16.5. The first-order valence-corrected chi connectivity index (χ1v) is 15.1. The Balaban J connectivity index is 0.000000178. The number of fused-ring (bicyclic) bond motifs is 6. The number of carbonyl (C=O) groups excluding carboxylic acids is 2. The van der Waals surface area contributed by atoms with Crippen LogP contribution in [0.2, 0.25) is 0 Å². The SMILES string of the molecule is CO/C(C)=C(/Cc1ccc2c(c1)c1ccccc1n2C)C(C)=O.CO/C(C)=C(/Cn1c2ccccc2c2ccccc21)C(C)=O. The lowest BCUT2D eigenvalue weighted by molar-refractivity contribution is -0.114. The van der Waals surface area contributed by atoms with Gasteiger partial charge < -0.3 is 18.6 Å². The second kappa shape index (κ2) is 13.3. The van der Waals surface area contributed by atoms with E-state index in [1.807, 2.05) is 38.1 Å². The molecule has 0 aliphatic carbocycles. The fraction of sp³-hybridized carbons (Fsp3) is 0.231. The number of methoxy groups -OCH3 is 2. The monoisotopic (exact) mass is 600 g/mol. The summed E-state index contributed by atoms with van der Waals surface area (Å²) in [7, 11) is 5.29. The molecule has 230 valence electrons. The van der Waals surface area contributed by atoms with E-state index in [1.54, 1.807) is 28.1 Å². The van der Waals surface area contributed by atoms with Gasteiger partial charge in [0.2, 0.25) is 0 Å². The lowest BCUT2D eigenvalue weighted by atomic mass is 9.99. The fourth-order valence-corrected chi connectivity index (χ4v) is 6.07. The van der Waals surface area contributed by atoms with Gasteiger partial charge in [-0.15, -0.1) is 0 Å². The second-order valence-corrected chi connectivity index (χ2v) is 11.3. The van der Waals surface area contributed by atoms with Crippen LogP contribution in [0.25, 0.3) is 43.6 Å². The van der Waals surface area contributed by atoms with Crippen molar-refractivity contribution >= 4 is 55.2 Å². The van der Waals surface area contributed by atoms with Crippen molar-refractivity contribution in [2.24, 2.45) is 7.05 Å². The van der Waals surface area contributed by atoms with Crippen molar-refractivity contribution in [1.29, 1.82) is 0 Å². The van der Waals surface area contributed by atoms with E-state index in [-0.39, 0.29) is 11.6 Å². The molecular weight excluding hydrogens is 560 g/mol. The van der Waals surface area contributed by atoms with Gasteiger partial charge in [0.15, 0.2) is 11.6 Å². The van der Waals surface area contributed by atoms with Crippen LogP contribution in [0, 0.1) is 0 Å². The predicted molar refractivity (Wildman–Crippen MR) is 184 cm³/mol. The zero-order valence-corrected chi connectivity index (χ0v) is 27.1. The molecule has 0 saturated carbocycles. The molecule has 0 N–H and O–H groups in total. The van der Waals surface area contributed by atoms with Gasteiger partial charge >= 0.3 is 0 Å². The molecule has 6 nitrogen and oxygen atoms in total. The molecule has 2 aromatic heterocycles. The van der Waals surface area contributed by atoms with Gasteiger partial charge in [0.1, 0.15) is 5.76 Å². The molecule has 6 aromatic rings. The topological polar surface area (TPSA) is 62.5 Å². The van der Waals surface area contributed by atoms with E-state index in [0.29, 0.717) is 30.1 Å². The van der Waals surface area contributed by atoms with Gasteiger partial charge in [-0.2, -0.15) is 0 Å². The summed E-state index contributed by atoms with van der Waals surface area (Å²) in [5.41, 5.74) is 7.23. The Kier molecular flexibility index (Phi) is 9.24. The normalized spacial score (nSPS) is 12.5. The molecule has 2 heterocycles. The van der Waals surface area contributed by atoms with Crippen molar-refractivity contribution < 1.29 is 19.1 Å². The van der Waals surface area contributed by atoms with Gasteiger partial charge in [-0.25, -0.2) is 0 Å². The first kappa shape index (κ1) is 31.3. The van der Waals surface area contributed by atoms with Gasteiger partial charge in [-0.3, -0.25) is 9.59 Å². The van der Waals surface area contributed by atoms with Crippen LogP contribution in [0.5, 0.6) is 0 Å². The zero-order valence-electron chi connectivity index (χ0n) is 27.1. The Morgan fingerprint density at radius 1 is 0.578 bits per heavy atom. The molecule has 0 bridgehead atoms. The van der Waals surface area contributed by atoms with Gasteiger partial charge in [0.25, 0.3) is 0 Å². The smallest absolute Gasteiger partial charge is 0.160 e. The van der Waals surface area contributed by atoms with Gasteiger partial charge in [0, 0.05) is 62.7 Å². The Bertz CT molecular complexity index is 2070. The third kappa shape index (κ3) is 6.14. The summed E-state index contributed by atoms with van der Waals surface area (Å²) < 4.78 is 14.9. The number of ketones is 2. The van der Waals surface area contributed by atoms with Gasteiger partial charge in [0.05, 0.1) is 32.1 Å². The van der Waals surface area contributed by atoms with E-state index >= 15 is 0 Å². The molecule has 4 aromatic carbocycles. The van der Waals surface area contributed by atoms with Crippen molar-refractivity contribution in [2.75, 3.05) is 14.2 Å². The minimum atomic E-state index is 0.0428. The van der Waals surface area contributed by atoms with Crippen LogP contribution in [0.4, 0.5) is 0 Å². The summed E-state index contributed by atoms with van der Waals surface area (Å²) >= 11 is 0. The number of nitrogens with zero attached hydrogens (tertiary/aromatic N) is 2. The average Bonchev–Trinajstić information content (AvgIpc) is 3.53. The largest absolute Gasteiger partial charge is 0.501 e. The first-order valence-electron chi connectivity index (χ1n) is 15.1. The first-order chi connectivity index (χ1) is 21.7. The Morgan fingerprint density at radius 3 is 1.53 bits per heavy atom. The Morgan fingerprint density at radius 2 is 1.02 bits per heavy atom. The van der Waals surface area contributed by atoms with E-state index in [4.69, 9.17) is 9.47 Å². The van der Waals surface area contributed by atoms with Gasteiger partial charge in [-0.1, -0.05) is 60.7 Å². The van der Waals surface area contributed by atoms with Crippen LogP contribution in [-0.2, 0) is 39.1 Å². The van der Waals surface area contributed by atoms with Crippen LogP contribution in [0.3, 0.4) is 0 Å². The minimum absolute atomic E-state index is 0.0428. The lowest BCUT2D eigenvalue weighted by Gasteiger charge is -2.12. The number of hydrogen-bond acceptors (Lipinski definition) is 4. The molecule has 0 aliphatic rings. The number of carbonyl (C=O) groups is 2. The quantitative estimate of drug-likeness (QED) is 0.130. The number of rotatable bonds is 8. The number of Topliss-reactive ketones (excluding diaryl/α,β-unsaturated/α-hetero) is 2.